The number of hydrogen-bond acceptors (Lipinski definition) is 4. The maximum absolute atomic E-state index is 12.8. The predicted octanol–water partition coefficient (Wildman–Crippen LogP) is 0.148. The summed E-state index contributed by atoms with van der Waals surface area (Å²) >= 11 is 0. The first-order chi connectivity index (χ1) is 7.75. The molecule has 2 N–H and O–H groups in total. The van der Waals surface area contributed by atoms with E-state index in [1.54, 1.807) is 0 Å². The molecule has 1 amide bonds. The smallest absolute Gasteiger partial charge is 0.255 e. The van der Waals surface area contributed by atoms with Gasteiger partial charge in [-0.05, 0) is 12.1 Å². The molecule has 0 bridgehead atoms. The largest absolute Gasteiger partial charge is 0.366 e. The van der Waals surface area contributed by atoms with Gasteiger partial charge in [0.1, 0.15) is 11.9 Å². The second kappa shape index (κ2) is 5.00. The second-order valence-corrected chi connectivity index (χ2v) is 3.40. The Morgan fingerprint density at radius 2 is 2.50 bits per heavy atom. The van der Waals surface area contributed by atoms with Gasteiger partial charge in [0.25, 0.3) is 5.91 Å². The summed E-state index contributed by atoms with van der Waals surface area (Å²) in [6.07, 6.45) is -0.543. The molecule has 0 aliphatic carbocycles. The fourth-order valence-corrected chi connectivity index (χ4v) is 1.42. The predicted molar refractivity (Wildman–Crippen MR) is 55.4 cm³/mol. The molecular weight excluding hydrogens is 213 g/mol. The summed E-state index contributed by atoms with van der Waals surface area (Å²) in [4.78, 5) is 15.2. The van der Waals surface area contributed by atoms with Crippen LogP contribution in [-0.4, -0.2) is 36.7 Å². The molecule has 1 fully saturated rings. The number of aromatic nitrogens is 1. The summed E-state index contributed by atoms with van der Waals surface area (Å²) in [5, 5.41) is 5.53. The quantitative estimate of drug-likeness (QED) is 0.703. The molecule has 2 heterocycles. The number of halogens is 1. The fraction of sp³-hybridized carbons (Fsp3) is 0.400. The number of nitrogens with one attached hydrogen (secondary N) is 2. The molecule has 0 saturated carbocycles. The van der Waals surface area contributed by atoms with Gasteiger partial charge in [-0.1, -0.05) is 6.07 Å². The van der Waals surface area contributed by atoms with E-state index in [0.29, 0.717) is 13.2 Å². The van der Waals surface area contributed by atoms with E-state index in [4.69, 9.17) is 4.74 Å². The summed E-state index contributed by atoms with van der Waals surface area (Å²) in [6, 6.07) is 4.23. The summed E-state index contributed by atoms with van der Waals surface area (Å²) in [5.41, 5.74) is 0. The van der Waals surface area contributed by atoms with Gasteiger partial charge in [-0.2, -0.15) is 4.39 Å². The average molecular weight is 225 g/mol. The van der Waals surface area contributed by atoms with E-state index in [1.165, 1.54) is 18.2 Å². The summed E-state index contributed by atoms with van der Waals surface area (Å²) in [6.45, 7) is 1.69. The number of carbonyl (C=O) groups excluding carboxylic acids is 1. The van der Waals surface area contributed by atoms with E-state index in [-0.39, 0.29) is 11.7 Å². The highest BCUT2D eigenvalue weighted by Crippen LogP contribution is 2.05. The van der Waals surface area contributed by atoms with Crippen LogP contribution in [0.3, 0.4) is 0 Å². The highest BCUT2D eigenvalue weighted by Gasteiger charge is 2.21. The Morgan fingerprint density at radius 1 is 1.62 bits per heavy atom. The van der Waals surface area contributed by atoms with Crippen LogP contribution in [0.25, 0.3) is 0 Å². The number of nitrogens with zero attached hydrogens (tertiary/aromatic N) is 1. The number of morpholine rings is 1. The van der Waals surface area contributed by atoms with Crippen molar-refractivity contribution in [2.75, 3.05) is 25.0 Å². The van der Waals surface area contributed by atoms with Crippen LogP contribution in [0.15, 0.2) is 18.2 Å². The Hall–Kier alpha value is -1.53. The molecule has 0 spiro atoms. The van der Waals surface area contributed by atoms with Gasteiger partial charge in [0.15, 0.2) is 0 Å². The number of hydrogen-bond donors (Lipinski definition) is 2. The zero-order valence-electron chi connectivity index (χ0n) is 8.57. The van der Waals surface area contributed by atoms with Crippen molar-refractivity contribution in [2.24, 2.45) is 0 Å². The van der Waals surface area contributed by atoms with Gasteiger partial charge in [-0.25, -0.2) is 4.98 Å². The zero-order chi connectivity index (χ0) is 11.4. The lowest BCUT2D eigenvalue weighted by atomic mass is 10.3. The van der Waals surface area contributed by atoms with Gasteiger partial charge >= 0.3 is 0 Å². The fourth-order valence-electron chi connectivity index (χ4n) is 1.42. The molecule has 16 heavy (non-hydrogen) atoms. The van der Waals surface area contributed by atoms with Crippen LogP contribution in [0.1, 0.15) is 0 Å². The summed E-state index contributed by atoms with van der Waals surface area (Å²) < 4.78 is 18.0. The molecule has 6 heteroatoms. The molecule has 1 unspecified atom stereocenters. The minimum atomic E-state index is -0.625. The van der Waals surface area contributed by atoms with Crippen LogP contribution < -0.4 is 10.6 Å². The van der Waals surface area contributed by atoms with Crippen molar-refractivity contribution in [3.8, 4) is 0 Å². The van der Waals surface area contributed by atoms with E-state index in [9.17, 15) is 9.18 Å². The molecule has 0 aromatic carbocycles. The number of anilines is 1. The topological polar surface area (TPSA) is 63.2 Å². The van der Waals surface area contributed by atoms with Crippen LogP contribution in [-0.2, 0) is 9.53 Å². The van der Waals surface area contributed by atoms with Crippen LogP contribution in [0.5, 0.6) is 0 Å². The number of rotatable bonds is 2. The van der Waals surface area contributed by atoms with Gasteiger partial charge in [-0.3, -0.25) is 4.79 Å². The van der Waals surface area contributed by atoms with Gasteiger partial charge in [0, 0.05) is 13.1 Å². The Kier molecular flexibility index (Phi) is 3.43. The van der Waals surface area contributed by atoms with Gasteiger partial charge < -0.3 is 15.4 Å². The third-order valence-electron chi connectivity index (χ3n) is 2.19. The monoisotopic (exact) mass is 225 g/mol. The SMILES string of the molecule is O=C(Nc1cccc(F)n1)C1CNCCO1. The van der Waals surface area contributed by atoms with E-state index >= 15 is 0 Å². The number of ether oxygens (including phenoxy) is 1. The Labute approximate surface area is 92.0 Å². The standard InChI is InChI=1S/C10H12FN3O2/c11-8-2-1-3-9(13-8)14-10(15)7-6-12-4-5-16-7/h1-3,7,12H,4-6H2,(H,13,14,15). The van der Waals surface area contributed by atoms with Crippen molar-refractivity contribution >= 4 is 11.7 Å². The van der Waals surface area contributed by atoms with Crippen molar-refractivity contribution in [3.63, 3.8) is 0 Å². The maximum atomic E-state index is 12.8. The van der Waals surface area contributed by atoms with E-state index in [2.05, 4.69) is 15.6 Å². The normalized spacial score (nSPS) is 20.4. The van der Waals surface area contributed by atoms with Crippen LogP contribution in [0.4, 0.5) is 10.2 Å². The lowest BCUT2D eigenvalue weighted by molar-refractivity contribution is -0.128. The zero-order valence-corrected chi connectivity index (χ0v) is 8.57. The van der Waals surface area contributed by atoms with Crippen molar-refractivity contribution in [1.82, 2.24) is 10.3 Å². The number of pyridine rings is 1. The first kappa shape index (κ1) is 11.0. The lowest BCUT2D eigenvalue weighted by Gasteiger charge is -2.22. The minimum Gasteiger partial charge on any atom is -0.366 e. The molecule has 1 atom stereocenters. The summed E-state index contributed by atoms with van der Waals surface area (Å²) in [5.74, 6) is -0.745. The van der Waals surface area contributed by atoms with Crippen molar-refractivity contribution in [2.45, 2.75) is 6.10 Å². The molecule has 1 saturated heterocycles. The molecule has 0 radical (unpaired) electrons. The third-order valence-corrected chi connectivity index (χ3v) is 2.19. The van der Waals surface area contributed by atoms with Gasteiger partial charge in [0.2, 0.25) is 5.95 Å². The maximum Gasteiger partial charge on any atom is 0.255 e. The first-order valence-corrected chi connectivity index (χ1v) is 5.01. The Morgan fingerprint density at radius 3 is 3.19 bits per heavy atom. The third kappa shape index (κ3) is 2.74. The van der Waals surface area contributed by atoms with Gasteiger partial charge in [0.05, 0.1) is 6.61 Å². The molecule has 1 aromatic heterocycles. The molecule has 1 aromatic rings. The van der Waals surface area contributed by atoms with Crippen molar-refractivity contribution < 1.29 is 13.9 Å². The first-order valence-electron chi connectivity index (χ1n) is 5.01. The molecule has 2 rings (SSSR count). The number of amides is 1. The molecule has 1 aliphatic rings. The number of carbonyl (C=O) groups is 1. The van der Waals surface area contributed by atoms with E-state index < -0.39 is 12.1 Å². The Balaban J connectivity index is 1.96. The average Bonchev–Trinajstić information content (AvgIpc) is 2.30. The highest BCUT2D eigenvalue weighted by atomic mass is 19.1. The van der Waals surface area contributed by atoms with Crippen LogP contribution in [0, 0.1) is 5.95 Å². The van der Waals surface area contributed by atoms with Crippen molar-refractivity contribution in [1.29, 1.82) is 0 Å². The Bertz CT molecular complexity index is 380. The van der Waals surface area contributed by atoms with Crippen LogP contribution >= 0.6 is 0 Å². The van der Waals surface area contributed by atoms with Crippen LogP contribution in [0.2, 0.25) is 0 Å². The second-order valence-electron chi connectivity index (χ2n) is 3.40. The van der Waals surface area contributed by atoms with Crippen molar-refractivity contribution in [3.05, 3.63) is 24.1 Å². The highest BCUT2D eigenvalue weighted by molar-refractivity contribution is 5.93. The molecule has 86 valence electrons. The molecule has 1 aliphatic heterocycles. The molecule has 5 nitrogen and oxygen atoms in total. The minimum absolute atomic E-state index is 0.194. The molecular formula is C10H12FN3O2. The van der Waals surface area contributed by atoms with E-state index in [1.807, 2.05) is 0 Å². The lowest BCUT2D eigenvalue weighted by Crippen LogP contribution is -2.45. The van der Waals surface area contributed by atoms with E-state index in [0.717, 1.165) is 6.54 Å². The van der Waals surface area contributed by atoms with Gasteiger partial charge in [-0.15, -0.1) is 0 Å². The summed E-state index contributed by atoms with van der Waals surface area (Å²) in [7, 11) is 0.